The fourth-order valence-corrected chi connectivity index (χ4v) is 2.41. The van der Waals surface area contributed by atoms with Crippen LogP contribution in [0.2, 0.25) is 5.28 Å². The lowest BCUT2D eigenvalue weighted by molar-refractivity contribution is -0.134. The van der Waals surface area contributed by atoms with Crippen molar-refractivity contribution in [2.75, 3.05) is 11.9 Å². The highest BCUT2D eigenvalue weighted by Gasteiger charge is 2.10. The normalized spacial score (nSPS) is 10.6. The molecule has 0 radical (unpaired) electrons. The summed E-state index contributed by atoms with van der Waals surface area (Å²) >= 11 is 7.24. The standard InChI is InChI=1S/C9H8ClN3O2S/c1-4-2-5-7(11-3-6(14)15)12-9(10)13-8(5)16-4/h2H,3H2,1H3,(H,14,15)(H,11,12,13). The van der Waals surface area contributed by atoms with Crippen LogP contribution in [0.15, 0.2) is 6.07 Å². The molecule has 0 saturated carbocycles. The minimum atomic E-state index is -0.949. The van der Waals surface area contributed by atoms with E-state index in [1.54, 1.807) is 0 Å². The molecule has 0 saturated heterocycles. The quantitative estimate of drug-likeness (QED) is 0.824. The van der Waals surface area contributed by atoms with E-state index in [9.17, 15) is 4.79 Å². The molecule has 2 aromatic heterocycles. The van der Waals surface area contributed by atoms with E-state index < -0.39 is 5.97 Å². The predicted molar refractivity (Wildman–Crippen MR) is 63.3 cm³/mol. The first-order chi connectivity index (χ1) is 7.56. The van der Waals surface area contributed by atoms with Gasteiger partial charge in [0.05, 0.1) is 5.39 Å². The van der Waals surface area contributed by atoms with Gasteiger partial charge in [-0.15, -0.1) is 11.3 Å². The van der Waals surface area contributed by atoms with E-state index in [0.29, 0.717) is 5.82 Å². The molecule has 2 aromatic rings. The number of halogens is 1. The van der Waals surface area contributed by atoms with Gasteiger partial charge in [-0.1, -0.05) is 0 Å². The first kappa shape index (κ1) is 11.1. The third kappa shape index (κ3) is 2.23. The van der Waals surface area contributed by atoms with Gasteiger partial charge in [-0.2, -0.15) is 0 Å². The molecule has 16 heavy (non-hydrogen) atoms. The molecule has 0 unspecified atom stereocenters. The highest BCUT2D eigenvalue weighted by atomic mass is 35.5. The monoisotopic (exact) mass is 257 g/mol. The molecule has 0 aliphatic rings. The number of fused-ring (bicyclic) bond motifs is 1. The average Bonchev–Trinajstić information content (AvgIpc) is 2.54. The van der Waals surface area contributed by atoms with E-state index in [1.807, 2.05) is 13.0 Å². The summed E-state index contributed by atoms with van der Waals surface area (Å²) < 4.78 is 0. The van der Waals surface area contributed by atoms with Gasteiger partial charge in [-0.05, 0) is 24.6 Å². The summed E-state index contributed by atoms with van der Waals surface area (Å²) in [7, 11) is 0. The molecule has 0 fully saturated rings. The number of aliphatic carboxylic acids is 1. The summed E-state index contributed by atoms with van der Waals surface area (Å²) in [4.78, 5) is 20.3. The lowest BCUT2D eigenvalue weighted by Crippen LogP contribution is -2.13. The van der Waals surface area contributed by atoms with Crippen LogP contribution in [0.4, 0.5) is 5.82 Å². The first-order valence-corrected chi connectivity index (χ1v) is 5.65. The SMILES string of the molecule is Cc1cc2c(NCC(=O)O)nc(Cl)nc2s1. The number of aromatic nitrogens is 2. The molecule has 5 nitrogen and oxygen atoms in total. The Morgan fingerprint density at radius 2 is 2.38 bits per heavy atom. The molecule has 0 amide bonds. The molecule has 2 N–H and O–H groups in total. The van der Waals surface area contributed by atoms with Crippen LogP contribution in [0.25, 0.3) is 10.2 Å². The molecule has 2 rings (SSSR count). The molecule has 7 heteroatoms. The third-order valence-electron chi connectivity index (χ3n) is 1.90. The van der Waals surface area contributed by atoms with Crippen LogP contribution in [0.5, 0.6) is 0 Å². The second kappa shape index (κ2) is 4.23. The van der Waals surface area contributed by atoms with Gasteiger partial charge >= 0.3 is 5.97 Å². The molecular weight excluding hydrogens is 250 g/mol. The Morgan fingerprint density at radius 1 is 1.62 bits per heavy atom. The number of carboxylic acids is 1. The number of carbonyl (C=O) groups is 1. The minimum absolute atomic E-state index is 0.113. The van der Waals surface area contributed by atoms with Gasteiger partial charge in [-0.25, -0.2) is 9.97 Å². The third-order valence-corrected chi connectivity index (χ3v) is 3.01. The van der Waals surface area contributed by atoms with Crippen molar-refractivity contribution in [2.24, 2.45) is 0 Å². The number of rotatable bonds is 3. The van der Waals surface area contributed by atoms with E-state index in [1.165, 1.54) is 11.3 Å². The van der Waals surface area contributed by atoms with E-state index in [2.05, 4.69) is 15.3 Å². The van der Waals surface area contributed by atoms with Gasteiger partial charge in [0.25, 0.3) is 0 Å². The number of hydrogen-bond donors (Lipinski definition) is 2. The topological polar surface area (TPSA) is 75.1 Å². The number of nitrogens with zero attached hydrogens (tertiary/aromatic N) is 2. The summed E-state index contributed by atoms with van der Waals surface area (Å²) in [6, 6.07) is 1.90. The fourth-order valence-electron chi connectivity index (χ4n) is 1.31. The molecule has 0 aromatic carbocycles. The van der Waals surface area contributed by atoms with Crippen molar-refractivity contribution in [3.8, 4) is 0 Å². The Morgan fingerprint density at radius 3 is 3.06 bits per heavy atom. The minimum Gasteiger partial charge on any atom is -0.480 e. The second-order valence-corrected chi connectivity index (χ2v) is 4.74. The van der Waals surface area contributed by atoms with Gasteiger partial charge < -0.3 is 10.4 Å². The Hall–Kier alpha value is -1.40. The van der Waals surface area contributed by atoms with Gasteiger partial charge in [0.2, 0.25) is 5.28 Å². The fraction of sp³-hybridized carbons (Fsp3) is 0.222. The van der Waals surface area contributed by atoms with Crippen molar-refractivity contribution in [1.82, 2.24) is 9.97 Å². The Bertz CT molecular complexity index is 555. The Labute approximate surface area is 100 Å². The molecule has 84 valence electrons. The van der Waals surface area contributed by atoms with Crippen molar-refractivity contribution in [3.63, 3.8) is 0 Å². The zero-order chi connectivity index (χ0) is 11.7. The molecular formula is C9H8ClN3O2S. The second-order valence-electron chi connectivity index (χ2n) is 3.16. The van der Waals surface area contributed by atoms with Crippen LogP contribution in [-0.2, 0) is 4.79 Å². The number of carboxylic acid groups (broad SMARTS) is 1. The van der Waals surface area contributed by atoms with Crippen molar-refractivity contribution in [2.45, 2.75) is 6.92 Å². The van der Waals surface area contributed by atoms with E-state index in [-0.39, 0.29) is 11.8 Å². The summed E-state index contributed by atoms with van der Waals surface area (Å²) in [5.74, 6) is -0.489. The number of nitrogens with one attached hydrogen (secondary N) is 1. The summed E-state index contributed by atoms with van der Waals surface area (Å²) in [6.07, 6.45) is 0. The van der Waals surface area contributed by atoms with Crippen molar-refractivity contribution >= 4 is 44.9 Å². The molecule has 0 atom stereocenters. The highest BCUT2D eigenvalue weighted by Crippen LogP contribution is 2.29. The van der Waals surface area contributed by atoms with E-state index in [4.69, 9.17) is 16.7 Å². The molecule has 2 heterocycles. The summed E-state index contributed by atoms with van der Waals surface area (Å²) in [5, 5.41) is 12.2. The number of thiophene rings is 1. The smallest absolute Gasteiger partial charge is 0.322 e. The summed E-state index contributed by atoms with van der Waals surface area (Å²) in [5.41, 5.74) is 0. The lowest BCUT2D eigenvalue weighted by atomic mass is 10.3. The van der Waals surface area contributed by atoms with Gasteiger partial charge in [0.1, 0.15) is 17.2 Å². The highest BCUT2D eigenvalue weighted by molar-refractivity contribution is 7.18. The summed E-state index contributed by atoms with van der Waals surface area (Å²) in [6.45, 7) is 1.75. The first-order valence-electron chi connectivity index (χ1n) is 4.45. The largest absolute Gasteiger partial charge is 0.480 e. The maximum Gasteiger partial charge on any atom is 0.322 e. The molecule has 0 spiro atoms. The molecule has 0 bridgehead atoms. The van der Waals surface area contributed by atoms with Crippen LogP contribution in [-0.4, -0.2) is 27.6 Å². The van der Waals surface area contributed by atoms with Crippen LogP contribution in [0, 0.1) is 6.92 Å². The van der Waals surface area contributed by atoms with Crippen molar-refractivity contribution < 1.29 is 9.90 Å². The van der Waals surface area contributed by atoms with E-state index >= 15 is 0 Å². The van der Waals surface area contributed by atoms with Gasteiger partial charge in [0, 0.05) is 4.88 Å². The van der Waals surface area contributed by atoms with Crippen LogP contribution >= 0.6 is 22.9 Å². The number of anilines is 1. The van der Waals surface area contributed by atoms with Crippen molar-refractivity contribution in [1.29, 1.82) is 0 Å². The van der Waals surface area contributed by atoms with Crippen LogP contribution in [0.3, 0.4) is 0 Å². The van der Waals surface area contributed by atoms with Crippen LogP contribution in [0.1, 0.15) is 4.88 Å². The number of hydrogen-bond acceptors (Lipinski definition) is 5. The zero-order valence-electron chi connectivity index (χ0n) is 8.32. The predicted octanol–water partition coefficient (Wildman–Crippen LogP) is 2.15. The van der Waals surface area contributed by atoms with Crippen molar-refractivity contribution in [3.05, 3.63) is 16.2 Å². The van der Waals surface area contributed by atoms with Gasteiger partial charge in [-0.3, -0.25) is 4.79 Å². The van der Waals surface area contributed by atoms with Crippen LogP contribution < -0.4 is 5.32 Å². The Kier molecular flexibility index (Phi) is 2.93. The Balaban J connectivity index is 2.45. The molecule has 0 aliphatic carbocycles. The zero-order valence-corrected chi connectivity index (χ0v) is 9.89. The maximum absolute atomic E-state index is 10.5. The van der Waals surface area contributed by atoms with Gasteiger partial charge in [0.15, 0.2) is 0 Å². The van der Waals surface area contributed by atoms with E-state index in [0.717, 1.165) is 15.1 Å². The number of aryl methyl sites for hydroxylation is 1. The average molecular weight is 258 g/mol. The molecule has 0 aliphatic heterocycles. The maximum atomic E-state index is 10.5. The lowest BCUT2D eigenvalue weighted by Gasteiger charge is -2.03.